The molecule has 33 heavy (non-hydrogen) atoms. The number of oxime groups is 1. The van der Waals surface area contributed by atoms with Crippen molar-refractivity contribution in [2.24, 2.45) is 10.1 Å². The second kappa shape index (κ2) is 8.52. The van der Waals surface area contributed by atoms with Crippen LogP contribution in [0, 0.1) is 10.1 Å². The molecule has 2 aliphatic heterocycles. The number of phenolic OH excluding ortho intramolecular Hbond substituents is 1. The second-order valence-electron chi connectivity index (χ2n) is 7.86. The van der Waals surface area contributed by atoms with Crippen LogP contribution in [0.2, 0.25) is 0 Å². The van der Waals surface area contributed by atoms with Crippen molar-refractivity contribution in [1.82, 2.24) is 15.2 Å². The molecule has 4 N–H and O–H groups in total. The number of piperazine rings is 1. The molecule has 0 aliphatic carbocycles. The molecule has 1 aromatic heterocycles. The normalized spacial score (nSPS) is 17.3. The number of fused-ring (bicyclic) bond motifs is 2. The lowest BCUT2D eigenvalue weighted by atomic mass is 10.0. The van der Waals surface area contributed by atoms with Crippen molar-refractivity contribution in [3.05, 3.63) is 57.6 Å². The number of hydrogen-bond acceptors (Lipinski definition) is 9. The Kier molecular flexibility index (Phi) is 5.40. The van der Waals surface area contributed by atoms with Crippen LogP contribution < -0.4 is 5.32 Å². The fraction of sp³-hybridized carbons (Fsp3) is 0.273. The van der Waals surface area contributed by atoms with Crippen molar-refractivity contribution < 1.29 is 20.0 Å². The average molecular weight is 450 g/mol. The van der Waals surface area contributed by atoms with E-state index in [0.29, 0.717) is 46.7 Å². The Morgan fingerprint density at radius 1 is 1.18 bits per heavy atom. The van der Waals surface area contributed by atoms with E-state index in [4.69, 9.17) is 4.84 Å². The predicted molar refractivity (Wildman–Crippen MR) is 123 cm³/mol. The summed E-state index contributed by atoms with van der Waals surface area (Å²) in [6, 6.07) is 8.95. The van der Waals surface area contributed by atoms with Crippen LogP contribution in [0.4, 0.5) is 11.4 Å². The van der Waals surface area contributed by atoms with Gasteiger partial charge in [0.15, 0.2) is 5.88 Å². The van der Waals surface area contributed by atoms with Crippen LogP contribution in [0.25, 0.3) is 10.9 Å². The Morgan fingerprint density at radius 3 is 2.79 bits per heavy atom. The lowest BCUT2D eigenvalue weighted by molar-refractivity contribution is -0.384. The molecule has 0 spiro atoms. The van der Waals surface area contributed by atoms with Crippen molar-refractivity contribution in [3.8, 4) is 11.6 Å². The third-order valence-corrected chi connectivity index (χ3v) is 5.77. The first kappa shape index (κ1) is 20.9. The fourth-order valence-corrected chi connectivity index (χ4v) is 4.11. The van der Waals surface area contributed by atoms with Gasteiger partial charge in [0.05, 0.1) is 16.2 Å². The third-order valence-electron chi connectivity index (χ3n) is 5.77. The Morgan fingerprint density at radius 2 is 2.00 bits per heavy atom. The summed E-state index contributed by atoms with van der Waals surface area (Å²) in [6.07, 6.45) is 0. The Hall–Kier alpha value is -3.96. The van der Waals surface area contributed by atoms with E-state index in [9.17, 15) is 20.3 Å². The Balaban J connectivity index is 1.51. The monoisotopic (exact) mass is 450 g/mol. The number of aromatic amines is 1. The van der Waals surface area contributed by atoms with Gasteiger partial charge in [-0.25, -0.2) is 4.99 Å². The highest BCUT2D eigenvalue weighted by Gasteiger charge is 2.30. The van der Waals surface area contributed by atoms with Gasteiger partial charge in [-0.3, -0.25) is 15.0 Å². The molecule has 1 saturated heterocycles. The molecule has 11 heteroatoms. The highest BCUT2D eigenvalue weighted by atomic mass is 16.6. The number of nitro benzene ring substituents is 1. The number of nitrogens with zero attached hydrogens (tertiary/aromatic N) is 4. The van der Waals surface area contributed by atoms with Gasteiger partial charge in [-0.2, -0.15) is 0 Å². The zero-order valence-electron chi connectivity index (χ0n) is 17.6. The van der Waals surface area contributed by atoms with Crippen LogP contribution >= 0.6 is 0 Å². The van der Waals surface area contributed by atoms with Crippen LogP contribution in [0.15, 0.2) is 46.5 Å². The van der Waals surface area contributed by atoms with E-state index in [-0.39, 0.29) is 22.9 Å². The molecule has 0 unspecified atom stereocenters. The number of rotatable bonds is 6. The molecule has 2 aliphatic rings. The molecular weight excluding hydrogens is 428 g/mol. The van der Waals surface area contributed by atoms with Crippen LogP contribution in [-0.2, 0) is 4.84 Å². The molecule has 5 rings (SSSR count). The third kappa shape index (κ3) is 3.99. The van der Waals surface area contributed by atoms with Gasteiger partial charge in [0.2, 0.25) is 0 Å². The van der Waals surface area contributed by atoms with Crippen LogP contribution in [-0.4, -0.2) is 75.8 Å². The van der Waals surface area contributed by atoms with Crippen LogP contribution in [0.5, 0.6) is 11.6 Å². The summed E-state index contributed by atoms with van der Waals surface area (Å²) in [5.74, 6) is -0.146. The first-order valence-electron chi connectivity index (χ1n) is 10.6. The minimum atomic E-state index is -0.495. The quantitative estimate of drug-likeness (QED) is 0.256. The largest absolute Gasteiger partial charge is 0.508 e. The van der Waals surface area contributed by atoms with Crippen molar-refractivity contribution in [2.45, 2.75) is 0 Å². The van der Waals surface area contributed by atoms with Gasteiger partial charge < -0.3 is 25.4 Å². The number of H-pyrrole nitrogens is 1. The SMILES string of the molecule is O=[N+]([O-])c1ccc2[nH]c(O)c(C3=Nc4ccc(O)cc4/C3=N\OCCN3CCNCC3)c2c1. The molecular formula is C22H22N6O5. The minimum absolute atomic E-state index is 0.0394. The molecule has 11 nitrogen and oxygen atoms in total. The van der Waals surface area contributed by atoms with Crippen LogP contribution in [0.1, 0.15) is 11.1 Å². The summed E-state index contributed by atoms with van der Waals surface area (Å²) >= 11 is 0. The van der Waals surface area contributed by atoms with Gasteiger partial charge in [-0.15, -0.1) is 0 Å². The molecule has 0 atom stereocenters. The van der Waals surface area contributed by atoms with Gasteiger partial charge in [0, 0.05) is 61.3 Å². The molecule has 0 amide bonds. The maximum Gasteiger partial charge on any atom is 0.270 e. The lowest BCUT2D eigenvalue weighted by Crippen LogP contribution is -2.44. The maximum absolute atomic E-state index is 11.3. The number of aliphatic imine (C=N–C) groups is 1. The molecule has 0 radical (unpaired) electrons. The smallest absolute Gasteiger partial charge is 0.270 e. The summed E-state index contributed by atoms with van der Waals surface area (Å²) in [5, 5.41) is 40.0. The molecule has 0 bridgehead atoms. The van der Waals surface area contributed by atoms with Gasteiger partial charge in [-0.1, -0.05) is 5.16 Å². The Bertz CT molecular complexity index is 1290. The van der Waals surface area contributed by atoms with E-state index < -0.39 is 4.92 Å². The number of phenols is 1. The summed E-state index contributed by atoms with van der Waals surface area (Å²) in [4.78, 5) is 26.1. The van der Waals surface area contributed by atoms with E-state index in [1.807, 2.05) is 0 Å². The van der Waals surface area contributed by atoms with Gasteiger partial charge >= 0.3 is 0 Å². The summed E-state index contributed by atoms with van der Waals surface area (Å²) < 4.78 is 0. The van der Waals surface area contributed by atoms with E-state index in [0.717, 1.165) is 26.2 Å². The molecule has 1 fully saturated rings. The first-order valence-corrected chi connectivity index (χ1v) is 10.6. The number of hydrogen-bond donors (Lipinski definition) is 4. The van der Waals surface area contributed by atoms with Crippen molar-refractivity contribution >= 4 is 33.7 Å². The second-order valence-corrected chi connectivity index (χ2v) is 7.86. The van der Waals surface area contributed by atoms with Crippen molar-refractivity contribution in [2.75, 3.05) is 39.3 Å². The number of aromatic hydroxyl groups is 2. The highest BCUT2D eigenvalue weighted by molar-refractivity contribution is 6.58. The zero-order chi connectivity index (χ0) is 22.9. The number of benzene rings is 2. The summed E-state index contributed by atoms with van der Waals surface area (Å²) in [5.41, 5.74) is 2.44. The number of non-ortho nitro benzene ring substituents is 1. The topological polar surface area (TPSA) is 149 Å². The molecule has 3 aromatic rings. The van der Waals surface area contributed by atoms with E-state index in [1.54, 1.807) is 6.07 Å². The Labute approximate surface area is 188 Å². The predicted octanol–water partition coefficient (Wildman–Crippen LogP) is 2.25. The summed E-state index contributed by atoms with van der Waals surface area (Å²) in [7, 11) is 0. The van der Waals surface area contributed by atoms with Crippen LogP contribution in [0.3, 0.4) is 0 Å². The minimum Gasteiger partial charge on any atom is -0.508 e. The number of aromatic nitrogens is 1. The van der Waals surface area contributed by atoms with E-state index >= 15 is 0 Å². The molecule has 170 valence electrons. The highest BCUT2D eigenvalue weighted by Crippen LogP contribution is 2.38. The standard InChI is InChI=1S/C22H22N6O5/c29-14-2-4-18-16(12-14)20(26-33-10-9-27-7-5-23-6-8-27)21(24-18)19-15-11-13(28(31)32)1-3-17(15)25-22(19)30/h1-4,11-12,23,25,29-30H,5-10H2/b26-20+. The molecule has 0 saturated carbocycles. The zero-order valence-corrected chi connectivity index (χ0v) is 17.6. The number of nitro groups is 1. The molecule has 3 heterocycles. The summed E-state index contributed by atoms with van der Waals surface area (Å²) in [6.45, 7) is 4.81. The fourth-order valence-electron chi connectivity index (χ4n) is 4.11. The lowest BCUT2D eigenvalue weighted by Gasteiger charge is -2.26. The van der Waals surface area contributed by atoms with E-state index in [1.165, 1.54) is 30.3 Å². The van der Waals surface area contributed by atoms with Gasteiger partial charge in [0.25, 0.3) is 5.69 Å². The van der Waals surface area contributed by atoms with Gasteiger partial charge in [-0.05, 0) is 24.3 Å². The maximum atomic E-state index is 11.3. The van der Waals surface area contributed by atoms with Gasteiger partial charge in [0.1, 0.15) is 23.8 Å². The average Bonchev–Trinajstić information content (AvgIpc) is 3.32. The number of nitrogens with one attached hydrogen (secondary N) is 2. The molecule has 2 aromatic carbocycles. The van der Waals surface area contributed by atoms with E-state index in [2.05, 4.69) is 25.3 Å². The first-order chi connectivity index (χ1) is 16.0. The van der Waals surface area contributed by atoms with Crippen molar-refractivity contribution in [3.63, 3.8) is 0 Å². The van der Waals surface area contributed by atoms with Crippen molar-refractivity contribution in [1.29, 1.82) is 0 Å².